The number of carbonyl (C=O) groups is 3. The average Bonchev–Trinajstić information content (AvgIpc) is 2.62. The molecule has 1 rings (SSSR count). The topological polar surface area (TPSA) is 92.7 Å². The summed E-state index contributed by atoms with van der Waals surface area (Å²) >= 11 is 1.38. The quantitative estimate of drug-likeness (QED) is 0.654. The predicted molar refractivity (Wildman–Crippen MR) is 61.7 cm³/mol. The van der Waals surface area contributed by atoms with Gasteiger partial charge in [-0.25, -0.2) is 4.79 Å². The number of nitrogens with one attached hydrogen (secondary N) is 1. The molecule has 1 heterocycles. The van der Waals surface area contributed by atoms with Gasteiger partial charge in [-0.3, -0.25) is 9.59 Å². The van der Waals surface area contributed by atoms with Crippen LogP contribution in [0.4, 0.5) is 0 Å². The first-order chi connectivity index (χ1) is 8.00. The van der Waals surface area contributed by atoms with Crippen LogP contribution in [0.2, 0.25) is 0 Å². The summed E-state index contributed by atoms with van der Waals surface area (Å²) in [7, 11) is 0. The van der Waals surface area contributed by atoms with Crippen LogP contribution in [-0.4, -0.2) is 46.6 Å². The Hall–Kier alpha value is -1.24. The van der Waals surface area contributed by atoms with Gasteiger partial charge in [-0.15, -0.1) is 11.8 Å². The lowest BCUT2D eigenvalue weighted by Crippen LogP contribution is -2.40. The van der Waals surface area contributed by atoms with Crippen LogP contribution in [0.1, 0.15) is 19.8 Å². The number of carboxylic acids is 1. The zero-order chi connectivity index (χ0) is 12.8. The van der Waals surface area contributed by atoms with Gasteiger partial charge in [0.25, 0.3) is 0 Å². The minimum absolute atomic E-state index is 0.193. The molecule has 17 heavy (non-hydrogen) atoms. The Kier molecular flexibility index (Phi) is 5.27. The van der Waals surface area contributed by atoms with E-state index in [1.807, 2.05) is 0 Å². The summed E-state index contributed by atoms with van der Waals surface area (Å²) in [6.45, 7) is 1.71. The number of hydrogen-bond acceptors (Lipinski definition) is 5. The molecule has 7 heteroatoms. The number of hydrogen-bond donors (Lipinski definition) is 2. The Bertz CT molecular complexity index is 320. The number of thioether (sulfide) groups is 1. The van der Waals surface area contributed by atoms with E-state index >= 15 is 0 Å². The summed E-state index contributed by atoms with van der Waals surface area (Å²) < 4.78 is 4.79. The summed E-state index contributed by atoms with van der Waals surface area (Å²) in [6, 6.07) is -0.891. The molecule has 0 aromatic carbocycles. The molecular weight excluding hydrogens is 246 g/mol. The molecule has 0 aromatic rings. The van der Waals surface area contributed by atoms with Crippen LogP contribution < -0.4 is 5.32 Å². The monoisotopic (exact) mass is 261 g/mol. The van der Waals surface area contributed by atoms with E-state index in [4.69, 9.17) is 9.84 Å². The van der Waals surface area contributed by atoms with Crippen molar-refractivity contribution in [3.8, 4) is 0 Å². The van der Waals surface area contributed by atoms with Crippen LogP contribution in [0.3, 0.4) is 0 Å². The maximum atomic E-state index is 11.1. The number of rotatable bonds is 6. The molecule has 1 aliphatic rings. The first kappa shape index (κ1) is 13.8. The number of ether oxygens (including phenoxy) is 1. The SMILES string of the molecule is CC(=O)NC(CCSC1CCOC1=O)C(=O)O. The Morgan fingerprint density at radius 1 is 1.65 bits per heavy atom. The van der Waals surface area contributed by atoms with Crippen molar-refractivity contribution < 1.29 is 24.2 Å². The second-order valence-electron chi connectivity index (χ2n) is 3.70. The maximum absolute atomic E-state index is 11.1. The largest absolute Gasteiger partial charge is 0.480 e. The summed E-state index contributed by atoms with van der Waals surface area (Å²) in [4.78, 5) is 32.7. The lowest BCUT2D eigenvalue weighted by atomic mass is 10.2. The van der Waals surface area contributed by atoms with Gasteiger partial charge in [-0.2, -0.15) is 0 Å². The minimum Gasteiger partial charge on any atom is -0.480 e. The molecule has 1 saturated heterocycles. The van der Waals surface area contributed by atoms with Crippen LogP contribution in [0.5, 0.6) is 0 Å². The lowest BCUT2D eigenvalue weighted by Gasteiger charge is -2.13. The third kappa shape index (κ3) is 4.64. The number of carbonyl (C=O) groups excluding carboxylic acids is 2. The maximum Gasteiger partial charge on any atom is 0.326 e. The zero-order valence-corrected chi connectivity index (χ0v) is 10.3. The van der Waals surface area contributed by atoms with Crippen molar-refractivity contribution in [2.24, 2.45) is 0 Å². The van der Waals surface area contributed by atoms with E-state index in [9.17, 15) is 14.4 Å². The third-order valence-corrected chi connectivity index (χ3v) is 3.59. The van der Waals surface area contributed by atoms with Crippen molar-refractivity contribution >= 4 is 29.6 Å². The van der Waals surface area contributed by atoms with E-state index in [1.54, 1.807) is 0 Å². The molecular formula is C10H15NO5S. The Labute approximate surface area is 103 Å². The fraction of sp³-hybridized carbons (Fsp3) is 0.700. The molecule has 0 bridgehead atoms. The van der Waals surface area contributed by atoms with E-state index in [-0.39, 0.29) is 17.1 Å². The van der Waals surface area contributed by atoms with Gasteiger partial charge in [0.05, 0.1) is 6.61 Å². The zero-order valence-electron chi connectivity index (χ0n) is 9.47. The van der Waals surface area contributed by atoms with Crippen LogP contribution in [0, 0.1) is 0 Å². The predicted octanol–water partition coefficient (Wildman–Crippen LogP) is 0.0145. The van der Waals surface area contributed by atoms with Gasteiger partial charge in [0.2, 0.25) is 5.91 Å². The number of esters is 1. The van der Waals surface area contributed by atoms with Crippen molar-refractivity contribution in [3.05, 3.63) is 0 Å². The molecule has 2 unspecified atom stereocenters. The normalized spacial score (nSPS) is 20.8. The van der Waals surface area contributed by atoms with Gasteiger partial charge >= 0.3 is 11.9 Å². The molecule has 0 spiro atoms. The van der Waals surface area contributed by atoms with Crippen LogP contribution in [0.25, 0.3) is 0 Å². The lowest BCUT2D eigenvalue weighted by molar-refractivity contribution is -0.141. The van der Waals surface area contributed by atoms with Crippen LogP contribution in [-0.2, 0) is 19.1 Å². The van der Waals surface area contributed by atoms with Crippen molar-refractivity contribution in [1.29, 1.82) is 0 Å². The van der Waals surface area contributed by atoms with Crippen LogP contribution in [0.15, 0.2) is 0 Å². The minimum atomic E-state index is -1.06. The number of aliphatic carboxylic acids is 1. The molecule has 2 atom stereocenters. The number of carboxylic acid groups (broad SMARTS) is 1. The smallest absolute Gasteiger partial charge is 0.326 e. The van der Waals surface area contributed by atoms with Gasteiger partial charge in [0, 0.05) is 13.3 Å². The summed E-state index contributed by atoms with van der Waals surface area (Å²) in [5, 5.41) is 11.0. The summed E-state index contributed by atoms with van der Waals surface area (Å²) in [5.74, 6) is -1.17. The molecule has 0 aromatic heterocycles. The molecule has 0 saturated carbocycles. The first-order valence-corrected chi connectivity index (χ1v) is 6.33. The fourth-order valence-electron chi connectivity index (χ4n) is 1.46. The highest BCUT2D eigenvalue weighted by Gasteiger charge is 2.27. The highest BCUT2D eigenvalue weighted by atomic mass is 32.2. The first-order valence-electron chi connectivity index (χ1n) is 5.29. The summed E-state index contributed by atoms with van der Waals surface area (Å²) in [6.07, 6.45) is 0.963. The van der Waals surface area contributed by atoms with E-state index < -0.39 is 12.0 Å². The molecule has 2 N–H and O–H groups in total. The number of amides is 1. The van der Waals surface area contributed by atoms with Crippen molar-refractivity contribution in [2.45, 2.75) is 31.1 Å². The second kappa shape index (κ2) is 6.48. The molecule has 96 valence electrons. The van der Waals surface area contributed by atoms with Gasteiger partial charge in [-0.05, 0) is 12.2 Å². The Morgan fingerprint density at radius 2 is 2.35 bits per heavy atom. The van der Waals surface area contributed by atoms with E-state index in [0.717, 1.165) is 0 Å². The Morgan fingerprint density at radius 3 is 2.82 bits per heavy atom. The fourth-order valence-corrected chi connectivity index (χ4v) is 2.58. The average molecular weight is 261 g/mol. The molecule has 1 fully saturated rings. The van der Waals surface area contributed by atoms with Crippen molar-refractivity contribution in [2.75, 3.05) is 12.4 Å². The van der Waals surface area contributed by atoms with Crippen LogP contribution >= 0.6 is 11.8 Å². The number of cyclic esters (lactones) is 1. The van der Waals surface area contributed by atoms with Gasteiger partial charge < -0.3 is 15.2 Å². The van der Waals surface area contributed by atoms with Crippen molar-refractivity contribution in [1.82, 2.24) is 5.32 Å². The van der Waals surface area contributed by atoms with Gasteiger partial charge in [0.1, 0.15) is 11.3 Å². The van der Waals surface area contributed by atoms with E-state index in [2.05, 4.69) is 5.32 Å². The van der Waals surface area contributed by atoms with Gasteiger partial charge in [-0.1, -0.05) is 0 Å². The molecule has 0 radical (unpaired) electrons. The highest BCUT2D eigenvalue weighted by Crippen LogP contribution is 2.22. The third-order valence-electron chi connectivity index (χ3n) is 2.29. The van der Waals surface area contributed by atoms with Gasteiger partial charge in [0.15, 0.2) is 0 Å². The molecule has 1 amide bonds. The molecule has 0 aliphatic carbocycles. The second-order valence-corrected chi connectivity index (χ2v) is 5.01. The Balaban J connectivity index is 2.29. The molecule has 6 nitrogen and oxygen atoms in total. The standard InChI is InChI=1S/C10H15NO5S/c1-6(12)11-7(9(13)14)3-5-17-8-2-4-16-10(8)15/h7-8H,2-5H2,1H3,(H,11,12)(H,13,14). The highest BCUT2D eigenvalue weighted by molar-refractivity contribution is 8.00. The van der Waals surface area contributed by atoms with Crippen molar-refractivity contribution in [3.63, 3.8) is 0 Å². The van der Waals surface area contributed by atoms with E-state index in [1.165, 1.54) is 18.7 Å². The molecule has 1 aliphatic heterocycles. The van der Waals surface area contributed by atoms with E-state index in [0.29, 0.717) is 25.2 Å². The summed E-state index contributed by atoms with van der Waals surface area (Å²) in [5.41, 5.74) is 0.